The number of rotatable bonds is 6. The number of hydrogen-bond donors (Lipinski definition) is 2. The number of carboxylic acid groups (broad SMARTS) is 1. The molecule has 1 aromatic carbocycles. The van der Waals surface area contributed by atoms with Crippen molar-refractivity contribution in [3.05, 3.63) is 35.4 Å². The number of aromatic carboxylic acids is 1. The van der Waals surface area contributed by atoms with Gasteiger partial charge in [0, 0.05) is 12.5 Å². The first-order valence-corrected chi connectivity index (χ1v) is 8.21. The average molecular weight is 321 g/mol. The number of carbonyl (C=O) groups is 2. The SMILES string of the molecule is CC(NC(=O)CCc1ccc(C(=O)O)cc1)C1CCC(F)CC1. The average Bonchev–Trinajstić information content (AvgIpc) is 2.54. The van der Waals surface area contributed by atoms with E-state index in [-0.39, 0.29) is 17.5 Å². The van der Waals surface area contributed by atoms with Gasteiger partial charge in [0.25, 0.3) is 0 Å². The van der Waals surface area contributed by atoms with Crippen molar-refractivity contribution >= 4 is 11.9 Å². The van der Waals surface area contributed by atoms with Crippen molar-refractivity contribution in [2.24, 2.45) is 5.92 Å². The molecule has 2 N–H and O–H groups in total. The van der Waals surface area contributed by atoms with Gasteiger partial charge in [0.1, 0.15) is 6.17 Å². The molecule has 1 fully saturated rings. The molecule has 1 aliphatic carbocycles. The number of nitrogens with one attached hydrogen (secondary N) is 1. The highest BCUT2D eigenvalue weighted by atomic mass is 19.1. The van der Waals surface area contributed by atoms with Crippen molar-refractivity contribution < 1.29 is 19.1 Å². The number of carboxylic acids is 1. The molecule has 1 unspecified atom stereocenters. The predicted octanol–water partition coefficient (Wildman–Crippen LogP) is 3.35. The second-order valence-corrected chi connectivity index (χ2v) is 6.37. The Bertz CT molecular complexity index is 536. The molecule has 1 aliphatic rings. The first-order valence-electron chi connectivity index (χ1n) is 8.21. The van der Waals surface area contributed by atoms with Crippen molar-refractivity contribution in [3.8, 4) is 0 Å². The second kappa shape index (κ2) is 8.09. The molecule has 0 spiro atoms. The molecule has 5 heteroatoms. The van der Waals surface area contributed by atoms with Gasteiger partial charge in [0.15, 0.2) is 0 Å². The lowest BCUT2D eigenvalue weighted by atomic mass is 9.83. The lowest BCUT2D eigenvalue weighted by Gasteiger charge is -2.29. The number of halogens is 1. The molecular formula is C18H24FNO3. The van der Waals surface area contributed by atoms with Crippen molar-refractivity contribution in [1.82, 2.24) is 5.32 Å². The van der Waals surface area contributed by atoms with Gasteiger partial charge >= 0.3 is 5.97 Å². The highest BCUT2D eigenvalue weighted by molar-refractivity contribution is 5.87. The van der Waals surface area contributed by atoms with Crippen molar-refractivity contribution in [1.29, 1.82) is 0 Å². The quantitative estimate of drug-likeness (QED) is 0.844. The van der Waals surface area contributed by atoms with E-state index in [1.54, 1.807) is 24.3 Å². The number of alkyl halides is 1. The highest BCUT2D eigenvalue weighted by Crippen LogP contribution is 2.28. The van der Waals surface area contributed by atoms with E-state index < -0.39 is 12.1 Å². The van der Waals surface area contributed by atoms with E-state index in [9.17, 15) is 14.0 Å². The van der Waals surface area contributed by atoms with E-state index in [4.69, 9.17) is 5.11 Å². The highest BCUT2D eigenvalue weighted by Gasteiger charge is 2.25. The molecule has 126 valence electrons. The molecule has 0 heterocycles. The molecule has 1 atom stereocenters. The van der Waals surface area contributed by atoms with Crippen LogP contribution in [0.4, 0.5) is 4.39 Å². The van der Waals surface area contributed by atoms with Gasteiger partial charge in [-0.1, -0.05) is 12.1 Å². The fourth-order valence-corrected chi connectivity index (χ4v) is 3.09. The minimum absolute atomic E-state index is 0.0119. The summed E-state index contributed by atoms with van der Waals surface area (Å²) in [5.41, 5.74) is 1.19. The van der Waals surface area contributed by atoms with Crippen LogP contribution in [0.1, 0.15) is 54.9 Å². The minimum Gasteiger partial charge on any atom is -0.478 e. The van der Waals surface area contributed by atoms with E-state index >= 15 is 0 Å². The fraction of sp³-hybridized carbons (Fsp3) is 0.556. The monoisotopic (exact) mass is 321 g/mol. The van der Waals surface area contributed by atoms with Crippen LogP contribution in [-0.4, -0.2) is 29.2 Å². The summed E-state index contributed by atoms with van der Waals surface area (Å²) in [6.07, 6.45) is 3.13. The van der Waals surface area contributed by atoms with Crippen LogP contribution in [0.2, 0.25) is 0 Å². The Hall–Kier alpha value is -1.91. The van der Waals surface area contributed by atoms with Gasteiger partial charge in [0.2, 0.25) is 5.91 Å². The van der Waals surface area contributed by atoms with Crippen molar-refractivity contribution in [2.45, 2.75) is 57.7 Å². The Morgan fingerprint density at radius 1 is 1.22 bits per heavy atom. The summed E-state index contributed by atoms with van der Waals surface area (Å²) in [5, 5.41) is 11.9. The Labute approximate surface area is 136 Å². The van der Waals surface area contributed by atoms with Crippen LogP contribution in [0, 0.1) is 5.92 Å². The van der Waals surface area contributed by atoms with Crippen LogP contribution < -0.4 is 5.32 Å². The molecule has 4 nitrogen and oxygen atoms in total. The maximum absolute atomic E-state index is 13.1. The zero-order chi connectivity index (χ0) is 16.8. The number of benzene rings is 1. The molecule has 1 aromatic rings. The molecule has 2 rings (SSSR count). The fourth-order valence-electron chi connectivity index (χ4n) is 3.09. The standard InChI is InChI=1S/C18H24FNO3/c1-12(14-7-9-16(19)10-8-14)20-17(21)11-4-13-2-5-15(6-3-13)18(22)23/h2-3,5-6,12,14,16H,4,7-11H2,1H3,(H,20,21)(H,22,23). The second-order valence-electron chi connectivity index (χ2n) is 6.37. The first-order chi connectivity index (χ1) is 11.0. The number of amides is 1. The predicted molar refractivity (Wildman–Crippen MR) is 86.2 cm³/mol. The van der Waals surface area contributed by atoms with Crippen LogP contribution in [-0.2, 0) is 11.2 Å². The molecule has 1 saturated carbocycles. The van der Waals surface area contributed by atoms with Gasteiger partial charge in [0.05, 0.1) is 5.56 Å². The summed E-state index contributed by atoms with van der Waals surface area (Å²) in [6, 6.07) is 6.65. The Balaban J connectivity index is 1.75. The van der Waals surface area contributed by atoms with E-state index in [1.165, 1.54) is 0 Å². The zero-order valence-corrected chi connectivity index (χ0v) is 13.4. The van der Waals surface area contributed by atoms with Crippen LogP contribution in [0.3, 0.4) is 0 Å². The van der Waals surface area contributed by atoms with Gasteiger partial charge in [-0.25, -0.2) is 9.18 Å². The van der Waals surface area contributed by atoms with Gasteiger partial charge in [-0.15, -0.1) is 0 Å². The first kappa shape index (κ1) is 17.4. The molecule has 0 aromatic heterocycles. The Morgan fingerprint density at radius 2 is 1.83 bits per heavy atom. The third-order valence-electron chi connectivity index (χ3n) is 4.64. The summed E-state index contributed by atoms with van der Waals surface area (Å²) in [6.45, 7) is 1.99. The van der Waals surface area contributed by atoms with E-state index in [0.717, 1.165) is 18.4 Å². The molecule has 0 radical (unpaired) electrons. The molecule has 0 aliphatic heterocycles. The van der Waals surface area contributed by atoms with Crippen LogP contribution in [0.15, 0.2) is 24.3 Å². The van der Waals surface area contributed by atoms with Crippen LogP contribution in [0.5, 0.6) is 0 Å². The lowest BCUT2D eigenvalue weighted by molar-refractivity contribution is -0.122. The number of hydrogen-bond acceptors (Lipinski definition) is 2. The minimum atomic E-state index is -0.953. The lowest BCUT2D eigenvalue weighted by Crippen LogP contribution is -2.39. The topological polar surface area (TPSA) is 66.4 Å². The van der Waals surface area contributed by atoms with E-state index in [0.29, 0.717) is 31.6 Å². The Kier molecular flexibility index (Phi) is 6.13. The van der Waals surface area contributed by atoms with Gasteiger partial charge in [-0.2, -0.15) is 0 Å². The third-order valence-corrected chi connectivity index (χ3v) is 4.64. The molecule has 0 bridgehead atoms. The molecule has 23 heavy (non-hydrogen) atoms. The normalized spacial score (nSPS) is 22.3. The number of carbonyl (C=O) groups excluding carboxylic acids is 1. The third kappa shape index (κ3) is 5.34. The zero-order valence-electron chi connectivity index (χ0n) is 13.4. The largest absolute Gasteiger partial charge is 0.478 e. The molecular weight excluding hydrogens is 297 g/mol. The smallest absolute Gasteiger partial charge is 0.335 e. The molecule has 1 amide bonds. The van der Waals surface area contributed by atoms with Crippen molar-refractivity contribution in [3.63, 3.8) is 0 Å². The Morgan fingerprint density at radius 3 is 2.39 bits per heavy atom. The van der Waals surface area contributed by atoms with E-state index in [2.05, 4.69) is 5.32 Å². The summed E-state index contributed by atoms with van der Waals surface area (Å²) in [4.78, 5) is 22.8. The number of aryl methyl sites for hydroxylation is 1. The van der Waals surface area contributed by atoms with Gasteiger partial charge in [-0.3, -0.25) is 4.79 Å². The van der Waals surface area contributed by atoms with Crippen LogP contribution >= 0.6 is 0 Å². The van der Waals surface area contributed by atoms with Crippen LogP contribution in [0.25, 0.3) is 0 Å². The summed E-state index contributed by atoms with van der Waals surface area (Å²) in [7, 11) is 0. The summed E-state index contributed by atoms with van der Waals surface area (Å²) in [5.74, 6) is -0.603. The summed E-state index contributed by atoms with van der Waals surface area (Å²) < 4.78 is 13.1. The summed E-state index contributed by atoms with van der Waals surface area (Å²) >= 11 is 0. The van der Waals surface area contributed by atoms with Gasteiger partial charge < -0.3 is 10.4 Å². The maximum Gasteiger partial charge on any atom is 0.335 e. The van der Waals surface area contributed by atoms with E-state index in [1.807, 2.05) is 6.92 Å². The van der Waals surface area contributed by atoms with Crippen molar-refractivity contribution in [2.75, 3.05) is 0 Å². The van der Waals surface area contributed by atoms with Gasteiger partial charge in [-0.05, 0) is 62.6 Å². The molecule has 0 saturated heterocycles. The maximum atomic E-state index is 13.1.